The molecule has 0 spiro atoms. The highest BCUT2D eigenvalue weighted by molar-refractivity contribution is 5.76. The maximum atomic E-state index is 11.7. The van der Waals surface area contributed by atoms with E-state index in [1.165, 1.54) is 6.33 Å². The Hall–Kier alpha value is -1.60. The number of hydrogen-bond acceptors (Lipinski definition) is 3. The zero-order valence-electron chi connectivity index (χ0n) is 7.64. The van der Waals surface area contributed by atoms with Crippen LogP contribution in [0.25, 0.3) is 0 Å². The lowest BCUT2D eigenvalue weighted by Gasteiger charge is -2.06. The van der Waals surface area contributed by atoms with Crippen LogP contribution in [0.3, 0.4) is 0 Å². The number of amides is 1. The molecule has 0 radical (unpaired) electrons. The maximum absolute atomic E-state index is 11.7. The molecule has 1 aromatic rings. The number of H-pyrrole nitrogens is 1. The number of nitrogens with one attached hydrogen (secondary N) is 2. The molecule has 0 aromatic carbocycles. The normalized spacial score (nSPS) is 11.4. The van der Waals surface area contributed by atoms with Crippen LogP contribution in [0, 0.1) is 0 Å². The quantitative estimate of drug-likeness (QED) is 0.775. The lowest BCUT2D eigenvalue weighted by Crippen LogP contribution is -2.30. The minimum absolute atomic E-state index is 0.101. The highest BCUT2D eigenvalue weighted by Crippen LogP contribution is 2.18. The van der Waals surface area contributed by atoms with Crippen LogP contribution < -0.4 is 5.32 Å². The third kappa shape index (κ3) is 4.99. The van der Waals surface area contributed by atoms with Gasteiger partial charge in [-0.1, -0.05) is 0 Å². The van der Waals surface area contributed by atoms with Crippen LogP contribution in [-0.2, 0) is 11.2 Å². The van der Waals surface area contributed by atoms with E-state index in [0.717, 1.165) is 0 Å². The number of halogens is 3. The van der Waals surface area contributed by atoms with E-state index in [-0.39, 0.29) is 6.54 Å². The van der Waals surface area contributed by atoms with E-state index >= 15 is 0 Å². The maximum Gasteiger partial charge on any atom is 0.397 e. The summed E-state index contributed by atoms with van der Waals surface area (Å²) in [5, 5.41) is 8.21. The van der Waals surface area contributed by atoms with Crippen molar-refractivity contribution in [3.05, 3.63) is 12.2 Å². The molecule has 0 saturated carbocycles. The summed E-state index contributed by atoms with van der Waals surface area (Å²) in [5.74, 6) is -0.524. The summed E-state index contributed by atoms with van der Waals surface area (Å²) in [7, 11) is 0. The Morgan fingerprint density at radius 1 is 1.53 bits per heavy atom. The molecule has 84 valence electrons. The van der Waals surface area contributed by atoms with E-state index in [0.29, 0.717) is 12.2 Å². The number of rotatable bonds is 4. The summed E-state index contributed by atoms with van der Waals surface area (Å²) in [5.41, 5.74) is 0. The van der Waals surface area contributed by atoms with E-state index in [1.54, 1.807) is 0 Å². The monoisotopic (exact) mass is 222 g/mol. The first kappa shape index (κ1) is 11.5. The molecule has 0 saturated heterocycles. The lowest BCUT2D eigenvalue weighted by atomic mass is 10.3. The van der Waals surface area contributed by atoms with E-state index in [4.69, 9.17) is 0 Å². The molecule has 0 bridgehead atoms. The molecule has 5 nitrogen and oxygen atoms in total. The standard InChI is InChI=1S/C7H9F3N4O/c8-7(9,10)3-6(15)11-2-1-5-12-4-13-14-5/h4H,1-3H2,(H,11,15)(H,12,13,14). The Morgan fingerprint density at radius 2 is 2.27 bits per heavy atom. The number of carbonyl (C=O) groups excluding carboxylic acids is 1. The second-order valence-electron chi connectivity index (χ2n) is 2.82. The van der Waals surface area contributed by atoms with Gasteiger partial charge in [-0.05, 0) is 0 Å². The molecule has 0 unspecified atom stereocenters. The van der Waals surface area contributed by atoms with E-state index in [9.17, 15) is 18.0 Å². The summed E-state index contributed by atoms with van der Waals surface area (Å²) in [6, 6.07) is 0. The van der Waals surface area contributed by atoms with Gasteiger partial charge in [-0.2, -0.15) is 18.3 Å². The Kier molecular flexibility index (Phi) is 3.64. The average Bonchev–Trinajstić information content (AvgIpc) is 2.53. The van der Waals surface area contributed by atoms with Gasteiger partial charge in [-0.3, -0.25) is 9.89 Å². The van der Waals surface area contributed by atoms with Crippen molar-refractivity contribution in [1.29, 1.82) is 0 Å². The Morgan fingerprint density at radius 3 is 2.80 bits per heavy atom. The smallest absolute Gasteiger partial charge is 0.355 e. The zero-order valence-corrected chi connectivity index (χ0v) is 7.64. The number of nitrogens with zero attached hydrogens (tertiary/aromatic N) is 2. The number of carbonyl (C=O) groups is 1. The predicted octanol–water partition coefficient (Wildman–Crippen LogP) is 0.416. The molecule has 0 aliphatic carbocycles. The topological polar surface area (TPSA) is 70.7 Å². The van der Waals surface area contributed by atoms with Gasteiger partial charge in [0.25, 0.3) is 0 Å². The van der Waals surface area contributed by atoms with Crippen molar-refractivity contribution in [3.63, 3.8) is 0 Å². The third-order valence-electron chi connectivity index (χ3n) is 1.51. The first-order chi connectivity index (χ1) is 6.97. The van der Waals surface area contributed by atoms with Crippen molar-refractivity contribution in [2.24, 2.45) is 0 Å². The van der Waals surface area contributed by atoms with Crippen LogP contribution in [0.15, 0.2) is 6.33 Å². The van der Waals surface area contributed by atoms with Crippen molar-refractivity contribution in [2.45, 2.75) is 19.0 Å². The lowest BCUT2D eigenvalue weighted by molar-refractivity contribution is -0.153. The molecule has 2 N–H and O–H groups in total. The van der Waals surface area contributed by atoms with Gasteiger partial charge in [0.05, 0.1) is 0 Å². The molecule has 15 heavy (non-hydrogen) atoms. The van der Waals surface area contributed by atoms with Crippen molar-refractivity contribution >= 4 is 5.91 Å². The fourth-order valence-corrected chi connectivity index (χ4v) is 0.916. The largest absolute Gasteiger partial charge is 0.397 e. The highest BCUT2D eigenvalue weighted by Gasteiger charge is 2.30. The van der Waals surface area contributed by atoms with Crippen LogP contribution in [0.5, 0.6) is 0 Å². The fraction of sp³-hybridized carbons (Fsp3) is 0.571. The number of alkyl halides is 3. The SMILES string of the molecule is O=C(CC(F)(F)F)NCCc1ncn[nH]1. The molecule has 8 heteroatoms. The molecular formula is C7H9F3N4O. The minimum Gasteiger partial charge on any atom is -0.355 e. The second-order valence-corrected chi connectivity index (χ2v) is 2.82. The van der Waals surface area contributed by atoms with Crippen LogP contribution in [0.4, 0.5) is 13.2 Å². The van der Waals surface area contributed by atoms with E-state index < -0.39 is 18.5 Å². The Bertz CT molecular complexity index is 309. The molecule has 0 fully saturated rings. The van der Waals surface area contributed by atoms with Gasteiger partial charge in [0.2, 0.25) is 5.91 Å². The van der Waals surface area contributed by atoms with Crippen LogP contribution in [0.1, 0.15) is 12.2 Å². The Labute approximate surface area is 83.1 Å². The van der Waals surface area contributed by atoms with Crippen LogP contribution in [0.2, 0.25) is 0 Å². The average molecular weight is 222 g/mol. The summed E-state index contributed by atoms with van der Waals surface area (Å²) in [6.45, 7) is 0.101. The molecule has 1 rings (SSSR count). The van der Waals surface area contributed by atoms with Crippen molar-refractivity contribution < 1.29 is 18.0 Å². The third-order valence-corrected chi connectivity index (χ3v) is 1.51. The molecule has 1 amide bonds. The van der Waals surface area contributed by atoms with Gasteiger partial charge >= 0.3 is 6.18 Å². The summed E-state index contributed by atoms with van der Waals surface area (Å²) >= 11 is 0. The van der Waals surface area contributed by atoms with Gasteiger partial charge in [-0.25, -0.2) is 4.98 Å². The molecule has 1 heterocycles. The first-order valence-corrected chi connectivity index (χ1v) is 4.15. The molecular weight excluding hydrogens is 213 g/mol. The zero-order chi connectivity index (χ0) is 11.3. The number of hydrogen-bond donors (Lipinski definition) is 2. The number of aromatic nitrogens is 3. The summed E-state index contributed by atoms with van der Waals surface area (Å²) in [4.78, 5) is 14.5. The van der Waals surface area contributed by atoms with Gasteiger partial charge in [0, 0.05) is 13.0 Å². The van der Waals surface area contributed by atoms with Gasteiger partial charge < -0.3 is 5.32 Å². The fourth-order valence-electron chi connectivity index (χ4n) is 0.916. The molecule has 0 atom stereocenters. The highest BCUT2D eigenvalue weighted by atomic mass is 19.4. The van der Waals surface area contributed by atoms with Gasteiger partial charge in [0.1, 0.15) is 18.6 Å². The number of aromatic amines is 1. The summed E-state index contributed by atoms with van der Waals surface area (Å²) < 4.78 is 35.2. The van der Waals surface area contributed by atoms with Crippen molar-refractivity contribution in [1.82, 2.24) is 20.5 Å². The van der Waals surface area contributed by atoms with Crippen molar-refractivity contribution in [2.75, 3.05) is 6.54 Å². The molecule has 0 aliphatic rings. The Balaban J connectivity index is 2.18. The van der Waals surface area contributed by atoms with E-state index in [2.05, 4.69) is 20.5 Å². The molecule has 0 aliphatic heterocycles. The molecule has 1 aromatic heterocycles. The predicted molar refractivity (Wildman–Crippen MR) is 43.8 cm³/mol. The van der Waals surface area contributed by atoms with E-state index in [1.807, 2.05) is 0 Å². The van der Waals surface area contributed by atoms with Crippen molar-refractivity contribution in [3.8, 4) is 0 Å². The van der Waals surface area contributed by atoms with Gasteiger partial charge in [0.15, 0.2) is 0 Å². The summed E-state index contributed by atoms with van der Waals surface area (Å²) in [6.07, 6.45) is -4.31. The second kappa shape index (κ2) is 4.76. The van der Waals surface area contributed by atoms with Crippen LogP contribution >= 0.6 is 0 Å². The van der Waals surface area contributed by atoms with Crippen LogP contribution in [-0.4, -0.2) is 33.8 Å². The first-order valence-electron chi connectivity index (χ1n) is 4.15. The minimum atomic E-state index is -4.46. The van der Waals surface area contributed by atoms with Gasteiger partial charge in [-0.15, -0.1) is 0 Å².